The zero-order valence-electron chi connectivity index (χ0n) is 69.9. The van der Waals surface area contributed by atoms with Crippen LogP contribution < -0.4 is 0 Å². The summed E-state index contributed by atoms with van der Waals surface area (Å²) >= 11 is 0. The first-order valence-electron chi connectivity index (χ1n) is 37.2. The fourth-order valence-corrected chi connectivity index (χ4v) is 6.05. The second-order valence-corrected chi connectivity index (χ2v) is 21.2. The highest BCUT2D eigenvalue weighted by atomic mass is 15.1. The molecule has 8 heterocycles. The highest BCUT2D eigenvalue weighted by molar-refractivity contribution is 5.18. The van der Waals surface area contributed by atoms with Crippen molar-refractivity contribution in [1.82, 2.24) is 70.2 Å². The van der Waals surface area contributed by atoms with Crippen molar-refractivity contribution in [2.45, 2.75) is 303 Å². The summed E-state index contributed by atoms with van der Waals surface area (Å²) in [7, 11) is 0. The van der Waals surface area contributed by atoms with Crippen LogP contribution in [-0.4, -0.2) is 70.2 Å². The monoisotopic (exact) mass is 1370 g/mol. The Labute approximate surface area is 610 Å². The highest BCUT2D eigenvalue weighted by Gasteiger charge is 2.01. The van der Waals surface area contributed by atoms with Gasteiger partial charge in [0.1, 0.15) is 12.7 Å². The molecule has 0 radical (unpaired) electrons. The molecule has 8 aromatic heterocycles. The molecule has 14 heteroatoms. The molecule has 0 saturated heterocycles. The summed E-state index contributed by atoms with van der Waals surface area (Å²) in [5, 5.41) is 14.9. The number of aromatic nitrogens is 14. The molecule has 0 amide bonds. The third-order valence-corrected chi connectivity index (χ3v) is 11.4. The van der Waals surface area contributed by atoms with Gasteiger partial charge < -0.3 is 0 Å². The van der Waals surface area contributed by atoms with Crippen LogP contribution in [0.2, 0.25) is 0 Å². The Kier molecular flexibility index (Phi) is 95.3. The molecule has 0 N–H and O–H groups in total. The number of benzene rings is 1. The minimum absolute atomic E-state index is 0.374. The van der Waals surface area contributed by atoms with Crippen LogP contribution >= 0.6 is 0 Å². The molecule has 0 aliphatic rings. The van der Waals surface area contributed by atoms with Gasteiger partial charge in [0.15, 0.2) is 5.82 Å². The van der Waals surface area contributed by atoms with E-state index in [1.807, 2.05) is 230 Å². The Morgan fingerprint density at radius 3 is 0.879 bits per heavy atom. The zero-order valence-corrected chi connectivity index (χ0v) is 69.9. The van der Waals surface area contributed by atoms with Gasteiger partial charge in [-0.15, -0.1) is 5.10 Å². The van der Waals surface area contributed by atoms with Gasteiger partial charge in [-0.3, -0.25) is 24.9 Å². The van der Waals surface area contributed by atoms with Crippen LogP contribution in [0.1, 0.15) is 353 Å². The lowest BCUT2D eigenvalue weighted by Gasteiger charge is -2.01. The minimum Gasteiger partial charge on any atom is -0.265 e. The van der Waals surface area contributed by atoms with E-state index in [2.05, 4.69) is 211 Å². The van der Waals surface area contributed by atoms with Crippen molar-refractivity contribution in [2.75, 3.05) is 0 Å². The quantitative estimate of drug-likeness (QED) is 0.133. The molecular weight excluding hydrogens is 1220 g/mol. The first-order chi connectivity index (χ1) is 47.7. The van der Waals surface area contributed by atoms with E-state index in [1.54, 1.807) is 68.4 Å². The lowest BCUT2D eigenvalue weighted by atomic mass is 10.0. The molecule has 0 aliphatic heterocycles. The summed E-state index contributed by atoms with van der Waals surface area (Å²) in [6, 6.07) is 28.6. The second-order valence-electron chi connectivity index (χ2n) is 21.2. The molecule has 0 atom stereocenters. The lowest BCUT2D eigenvalue weighted by Crippen LogP contribution is -1.96. The summed E-state index contributed by atoms with van der Waals surface area (Å²) in [5.74, 6) is 5.68. The fraction of sp³-hybridized carbons (Fsp3) is 0.529. The van der Waals surface area contributed by atoms with Crippen LogP contribution in [0.15, 0.2) is 191 Å². The average molecular weight is 1370 g/mol. The number of pyridine rings is 3. The number of rotatable bonds is 9. The van der Waals surface area contributed by atoms with E-state index in [1.165, 1.54) is 27.8 Å². The Morgan fingerprint density at radius 1 is 0.202 bits per heavy atom. The largest absolute Gasteiger partial charge is 0.265 e. The van der Waals surface area contributed by atoms with Gasteiger partial charge in [0.05, 0.1) is 18.1 Å². The van der Waals surface area contributed by atoms with E-state index < -0.39 is 0 Å². The van der Waals surface area contributed by atoms with Crippen LogP contribution in [0.5, 0.6) is 0 Å². The van der Waals surface area contributed by atoms with Crippen LogP contribution in [0.25, 0.3) is 0 Å². The molecule has 0 saturated carbocycles. The van der Waals surface area contributed by atoms with E-state index >= 15 is 0 Å². The third kappa shape index (κ3) is 69.7. The van der Waals surface area contributed by atoms with Crippen molar-refractivity contribution in [3.8, 4) is 0 Å². The summed E-state index contributed by atoms with van der Waals surface area (Å²) < 4.78 is 0. The maximum atomic E-state index is 4.18. The van der Waals surface area contributed by atoms with E-state index in [0.29, 0.717) is 53.3 Å². The third-order valence-electron chi connectivity index (χ3n) is 11.4. The van der Waals surface area contributed by atoms with Crippen molar-refractivity contribution >= 4 is 0 Å². The van der Waals surface area contributed by atoms with Crippen LogP contribution in [0.3, 0.4) is 0 Å². The predicted octanol–water partition coefficient (Wildman–Crippen LogP) is 26.1. The smallest absolute Gasteiger partial charge is 0.153 e. The molecule has 0 unspecified atom stereocenters. The molecule has 0 bridgehead atoms. The zero-order chi connectivity index (χ0) is 78.2. The molecule has 9 rings (SSSR count). The number of hydrogen-bond acceptors (Lipinski definition) is 14. The van der Waals surface area contributed by atoms with Crippen molar-refractivity contribution in [2.24, 2.45) is 0 Å². The van der Waals surface area contributed by atoms with Crippen molar-refractivity contribution in [1.29, 1.82) is 0 Å². The lowest BCUT2D eigenvalue weighted by molar-refractivity contribution is 0.735. The normalized spacial score (nSPS) is 8.82. The van der Waals surface area contributed by atoms with Gasteiger partial charge in [0.25, 0.3) is 0 Å². The number of hydrogen-bond donors (Lipinski definition) is 0. The molecule has 9 aromatic rings. The van der Waals surface area contributed by atoms with Crippen LogP contribution in [0, 0.1) is 0 Å². The Hall–Kier alpha value is -8.00. The molecular formula is C85H148N14. The molecule has 1 aromatic carbocycles. The maximum Gasteiger partial charge on any atom is 0.153 e. The maximum absolute atomic E-state index is 4.18. The first-order valence-corrected chi connectivity index (χ1v) is 37.2. The van der Waals surface area contributed by atoms with E-state index in [0.717, 1.165) is 22.9 Å². The SMILES string of the molecule is CC.CC.CC.CC.CC.CC.CC.CC.CC.CC(C)c1ccccc1.CC(C)c1ccccn1.CC(C)c1cccnc1.CC(C)c1ccncc1.CC(C)c1ccncn1.CC(C)c1ccnnc1.CC(C)c1cnccn1.CC(C)c1cncnc1.CC(C)c1nccnn1. The minimum atomic E-state index is 0.374. The Morgan fingerprint density at radius 2 is 0.606 bits per heavy atom. The standard InChI is InChI=1S/C9H12.3C8H11N.4C7H10N2.C6H9N3.9C2H6/c1-8(2)9-6-4-3-5-7-9;1-7(2)8-3-5-9-6-4-8;1-7(2)8-4-3-5-9-6-8;1-7(2)8-5-3-4-6-9-8;1-6(2)7-3-8-5-9-4-7;1-6(2)7-5-8-3-4-9-7;1-6(2)7-3-4-8-5-9-7;1-6(2)7-3-4-8-9-5-7;1-5(2)6-7-3-4-8-9-6;9*1-2/h3-8H,1-2H3;3*3-7H,1-2H3;4*3-6H,1-2H3;3-5H,1-2H3;9*1-2H3. The van der Waals surface area contributed by atoms with Crippen molar-refractivity contribution < 1.29 is 0 Å². The summed E-state index contributed by atoms with van der Waals surface area (Å²) in [4.78, 5) is 39.8. The van der Waals surface area contributed by atoms with Gasteiger partial charge in [-0.1, -0.05) is 292 Å². The molecule has 99 heavy (non-hydrogen) atoms. The second kappa shape index (κ2) is 86.1. The van der Waals surface area contributed by atoms with Crippen LogP contribution in [0.4, 0.5) is 0 Å². The molecule has 0 spiro atoms. The number of nitrogens with zero attached hydrogens (tertiary/aromatic N) is 14. The topological polar surface area (TPSA) is 180 Å². The Bertz CT molecular complexity index is 2140. The van der Waals surface area contributed by atoms with E-state index in [9.17, 15) is 0 Å². The van der Waals surface area contributed by atoms with Gasteiger partial charge in [-0.2, -0.15) is 15.3 Å². The van der Waals surface area contributed by atoms with E-state index in [-0.39, 0.29) is 0 Å². The van der Waals surface area contributed by atoms with Gasteiger partial charge >= 0.3 is 0 Å². The molecule has 14 nitrogen and oxygen atoms in total. The van der Waals surface area contributed by atoms with Crippen LogP contribution in [-0.2, 0) is 0 Å². The highest BCUT2D eigenvalue weighted by Crippen LogP contribution is 2.15. The first kappa shape index (κ1) is 110. The predicted molar refractivity (Wildman–Crippen MR) is 436 cm³/mol. The summed E-state index contributed by atoms with van der Waals surface area (Å²) in [6.45, 7) is 74.4. The van der Waals surface area contributed by atoms with Gasteiger partial charge in [0, 0.05) is 97.9 Å². The van der Waals surface area contributed by atoms with E-state index in [4.69, 9.17) is 0 Å². The summed E-state index contributed by atoms with van der Waals surface area (Å²) in [5.41, 5.74) is 9.82. The van der Waals surface area contributed by atoms with Gasteiger partial charge in [-0.05, 0) is 118 Å². The molecule has 558 valence electrons. The van der Waals surface area contributed by atoms with Crippen molar-refractivity contribution in [3.63, 3.8) is 0 Å². The van der Waals surface area contributed by atoms with Gasteiger partial charge in [-0.25, -0.2) is 24.9 Å². The molecule has 0 fully saturated rings. The van der Waals surface area contributed by atoms with Crippen molar-refractivity contribution in [3.05, 3.63) is 241 Å². The Balaban J connectivity index is -0.000000128. The average Bonchev–Trinajstić information content (AvgIpc) is 3.85. The summed E-state index contributed by atoms with van der Waals surface area (Å²) in [6.07, 6.45) is 29.7. The van der Waals surface area contributed by atoms with Gasteiger partial charge in [0.2, 0.25) is 0 Å². The fourth-order valence-electron chi connectivity index (χ4n) is 6.05. The molecule has 0 aliphatic carbocycles.